The average Bonchev–Trinajstić information content (AvgIpc) is 2.16. The summed E-state index contributed by atoms with van der Waals surface area (Å²) in [5.74, 6) is 0. The molecule has 0 atom stereocenters. The van der Waals surface area contributed by atoms with Gasteiger partial charge in [-0.2, -0.15) is 0 Å². The van der Waals surface area contributed by atoms with E-state index in [9.17, 15) is 0 Å². The van der Waals surface area contributed by atoms with Crippen molar-refractivity contribution >= 4 is 0 Å². The van der Waals surface area contributed by atoms with Crippen molar-refractivity contribution in [1.82, 2.24) is 10.6 Å². The smallest absolute Gasteiger partial charge is 0.00790 e. The van der Waals surface area contributed by atoms with E-state index in [0.29, 0.717) is 11.5 Å². The molecule has 0 aromatic heterocycles. The van der Waals surface area contributed by atoms with Crippen LogP contribution in [0.3, 0.4) is 0 Å². The average molecular weight is 228 g/mol. The molecular weight excluding hydrogens is 196 g/mol. The molecule has 0 aromatic carbocycles. The second-order valence-electron chi connectivity index (χ2n) is 5.91. The van der Waals surface area contributed by atoms with Gasteiger partial charge >= 0.3 is 0 Å². The second-order valence-corrected chi connectivity index (χ2v) is 5.91. The van der Waals surface area contributed by atoms with Crippen LogP contribution in [-0.4, -0.2) is 25.7 Å². The first-order valence-corrected chi connectivity index (χ1v) is 6.92. The minimum atomic E-state index is 0.451. The van der Waals surface area contributed by atoms with Crippen LogP contribution in [0.15, 0.2) is 0 Å². The summed E-state index contributed by atoms with van der Waals surface area (Å²) in [6.45, 7) is 14.7. The van der Waals surface area contributed by atoms with Gasteiger partial charge in [0.25, 0.3) is 0 Å². The molecule has 0 bridgehead atoms. The molecule has 0 aliphatic carbocycles. The summed E-state index contributed by atoms with van der Waals surface area (Å²) in [7, 11) is 0. The number of hydrogen-bond acceptors (Lipinski definition) is 2. The van der Waals surface area contributed by atoms with Crippen molar-refractivity contribution in [3.8, 4) is 0 Å². The molecule has 0 amide bonds. The largest absolute Gasteiger partial charge is 0.315 e. The second kappa shape index (κ2) is 9.00. The molecule has 2 nitrogen and oxygen atoms in total. The highest BCUT2D eigenvalue weighted by Gasteiger charge is 2.16. The van der Waals surface area contributed by atoms with Gasteiger partial charge in [0.15, 0.2) is 0 Å². The molecule has 0 aliphatic rings. The van der Waals surface area contributed by atoms with Crippen LogP contribution in [0.4, 0.5) is 0 Å². The Morgan fingerprint density at radius 2 is 1.75 bits per heavy atom. The third-order valence-corrected chi connectivity index (χ3v) is 2.92. The Morgan fingerprint density at radius 3 is 2.31 bits per heavy atom. The van der Waals surface area contributed by atoms with E-state index in [1.54, 1.807) is 0 Å². The number of unbranched alkanes of at least 4 members (excludes halogenated alkanes) is 2. The van der Waals surface area contributed by atoms with Gasteiger partial charge in [-0.05, 0) is 11.8 Å². The van der Waals surface area contributed by atoms with E-state index >= 15 is 0 Å². The summed E-state index contributed by atoms with van der Waals surface area (Å²) in [6, 6.07) is 0.597. The Labute approximate surface area is 103 Å². The SMILES string of the molecule is CCCCCC(C)(C)CNCCNC(C)C. The van der Waals surface area contributed by atoms with Crippen LogP contribution in [-0.2, 0) is 0 Å². The van der Waals surface area contributed by atoms with Crippen LogP contribution in [0.2, 0.25) is 0 Å². The van der Waals surface area contributed by atoms with Crippen molar-refractivity contribution in [2.24, 2.45) is 5.41 Å². The van der Waals surface area contributed by atoms with Gasteiger partial charge in [-0.1, -0.05) is 53.9 Å². The highest BCUT2D eigenvalue weighted by atomic mass is 15.0. The van der Waals surface area contributed by atoms with E-state index in [2.05, 4.69) is 45.3 Å². The zero-order valence-corrected chi connectivity index (χ0v) is 12.0. The van der Waals surface area contributed by atoms with Crippen LogP contribution in [0, 0.1) is 5.41 Å². The molecule has 0 radical (unpaired) electrons. The molecule has 0 spiro atoms. The van der Waals surface area contributed by atoms with E-state index in [-0.39, 0.29) is 0 Å². The molecule has 0 heterocycles. The van der Waals surface area contributed by atoms with Crippen LogP contribution in [0.5, 0.6) is 0 Å². The summed E-state index contributed by atoms with van der Waals surface area (Å²) in [4.78, 5) is 0. The van der Waals surface area contributed by atoms with E-state index in [1.807, 2.05) is 0 Å². The topological polar surface area (TPSA) is 24.1 Å². The first kappa shape index (κ1) is 15.9. The predicted molar refractivity (Wildman–Crippen MR) is 73.9 cm³/mol. The Bertz CT molecular complexity index is 153. The Kier molecular flexibility index (Phi) is 8.96. The van der Waals surface area contributed by atoms with Gasteiger partial charge in [-0.3, -0.25) is 0 Å². The molecule has 0 saturated carbocycles. The molecule has 2 heteroatoms. The minimum Gasteiger partial charge on any atom is -0.315 e. The molecule has 0 aromatic rings. The summed E-state index contributed by atoms with van der Waals surface area (Å²) < 4.78 is 0. The fraction of sp³-hybridized carbons (Fsp3) is 1.00. The predicted octanol–water partition coefficient (Wildman–Crippen LogP) is 3.18. The molecule has 2 N–H and O–H groups in total. The lowest BCUT2D eigenvalue weighted by Crippen LogP contribution is -2.36. The zero-order valence-electron chi connectivity index (χ0n) is 12.0. The van der Waals surface area contributed by atoms with Crippen molar-refractivity contribution in [3.05, 3.63) is 0 Å². The van der Waals surface area contributed by atoms with Gasteiger partial charge in [-0.25, -0.2) is 0 Å². The first-order valence-electron chi connectivity index (χ1n) is 6.92. The Hall–Kier alpha value is -0.0800. The molecule has 16 heavy (non-hydrogen) atoms. The van der Waals surface area contributed by atoms with Crippen molar-refractivity contribution in [1.29, 1.82) is 0 Å². The highest BCUT2D eigenvalue weighted by Crippen LogP contribution is 2.22. The van der Waals surface area contributed by atoms with Gasteiger partial charge in [0.05, 0.1) is 0 Å². The molecule has 0 saturated heterocycles. The van der Waals surface area contributed by atoms with E-state index in [4.69, 9.17) is 0 Å². The van der Waals surface area contributed by atoms with Crippen LogP contribution >= 0.6 is 0 Å². The fourth-order valence-electron chi connectivity index (χ4n) is 1.82. The lowest BCUT2D eigenvalue weighted by Gasteiger charge is -2.25. The molecule has 0 rings (SSSR count). The summed E-state index contributed by atoms with van der Waals surface area (Å²) in [5.41, 5.74) is 0.451. The van der Waals surface area contributed by atoms with Crippen molar-refractivity contribution in [2.75, 3.05) is 19.6 Å². The monoisotopic (exact) mass is 228 g/mol. The van der Waals surface area contributed by atoms with Gasteiger partial charge in [0.2, 0.25) is 0 Å². The quantitative estimate of drug-likeness (QED) is 0.561. The molecule has 0 aliphatic heterocycles. The number of hydrogen-bond donors (Lipinski definition) is 2. The fourth-order valence-corrected chi connectivity index (χ4v) is 1.82. The zero-order chi connectivity index (χ0) is 12.4. The summed E-state index contributed by atoms with van der Waals surface area (Å²) >= 11 is 0. The summed E-state index contributed by atoms with van der Waals surface area (Å²) in [5, 5.41) is 6.97. The maximum atomic E-state index is 3.55. The van der Waals surface area contributed by atoms with Crippen molar-refractivity contribution < 1.29 is 0 Å². The Morgan fingerprint density at radius 1 is 1.06 bits per heavy atom. The molecular formula is C14H32N2. The first-order chi connectivity index (χ1) is 7.48. The standard InChI is InChI=1S/C14H32N2/c1-6-7-8-9-14(4,5)12-15-10-11-16-13(2)3/h13,15-16H,6-12H2,1-5H3. The van der Waals surface area contributed by atoms with Crippen LogP contribution < -0.4 is 10.6 Å². The van der Waals surface area contributed by atoms with Gasteiger partial charge < -0.3 is 10.6 Å². The van der Waals surface area contributed by atoms with E-state index in [0.717, 1.165) is 19.6 Å². The number of rotatable bonds is 10. The van der Waals surface area contributed by atoms with Crippen LogP contribution in [0.1, 0.15) is 60.3 Å². The molecule has 98 valence electrons. The van der Waals surface area contributed by atoms with Gasteiger partial charge in [0.1, 0.15) is 0 Å². The van der Waals surface area contributed by atoms with Gasteiger partial charge in [-0.15, -0.1) is 0 Å². The number of nitrogens with one attached hydrogen (secondary N) is 2. The maximum absolute atomic E-state index is 3.55. The lowest BCUT2D eigenvalue weighted by atomic mass is 9.87. The van der Waals surface area contributed by atoms with E-state index < -0.39 is 0 Å². The third kappa shape index (κ3) is 10.4. The Balaban J connectivity index is 3.42. The maximum Gasteiger partial charge on any atom is 0.00790 e. The third-order valence-electron chi connectivity index (χ3n) is 2.92. The molecule has 0 unspecified atom stereocenters. The molecule has 0 fully saturated rings. The van der Waals surface area contributed by atoms with Crippen molar-refractivity contribution in [3.63, 3.8) is 0 Å². The summed E-state index contributed by atoms with van der Waals surface area (Å²) in [6.07, 6.45) is 5.40. The minimum absolute atomic E-state index is 0.451. The lowest BCUT2D eigenvalue weighted by molar-refractivity contribution is 0.302. The highest BCUT2D eigenvalue weighted by molar-refractivity contribution is 4.71. The van der Waals surface area contributed by atoms with E-state index in [1.165, 1.54) is 25.7 Å². The van der Waals surface area contributed by atoms with Crippen molar-refractivity contribution in [2.45, 2.75) is 66.3 Å². The van der Waals surface area contributed by atoms with Crippen LogP contribution in [0.25, 0.3) is 0 Å². The normalized spacial score (nSPS) is 12.4. The van der Waals surface area contributed by atoms with Gasteiger partial charge in [0, 0.05) is 25.7 Å².